The molecule has 0 unspecified atom stereocenters. The molecule has 10 nitrogen and oxygen atoms in total. The second-order valence-corrected chi connectivity index (χ2v) is 9.56. The fraction of sp³-hybridized carbons (Fsp3) is 0.826. The van der Waals surface area contributed by atoms with E-state index in [0.717, 1.165) is 38.5 Å². The fourth-order valence-electron chi connectivity index (χ4n) is 5.72. The Bertz CT molecular complexity index is 659. The van der Waals surface area contributed by atoms with E-state index in [1.54, 1.807) is 0 Å². The Morgan fingerprint density at radius 3 is 1.39 bits per heavy atom. The van der Waals surface area contributed by atoms with Gasteiger partial charge in [0.2, 0.25) is 12.8 Å². The summed E-state index contributed by atoms with van der Waals surface area (Å²) in [7, 11) is 0. The average Bonchev–Trinajstić information content (AvgIpc) is 3.64. The van der Waals surface area contributed by atoms with Crippen LogP contribution in [-0.2, 0) is 28.7 Å². The van der Waals surface area contributed by atoms with E-state index in [-0.39, 0.29) is 37.9 Å². The Kier molecular flexibility index (Phi) is 8.33. The minimum Gasteiger partial charge on any atom is -0.461 e. The van der Waals surface area contributed by atoms with Crippen LogP contribution >= 0.6 is 0 Å². The Labute approximate surface area is 193 Å². The molecule has 0 aromatic carbocycles. The van der Waals surface area contributed by atoms with Gasteiger partial charge in [0.05, 0.1) is 13.2 Å². The molecule has 10 heteroatoms. The van der Waals surface area contributed by atoms with Crippen molar-refractivity contribution in [2.75, 3.05) is 13.2 Å². The van der Waals surface area contributed by atoms with Gasteiger partial charge in [-0.25, -0.2) is 9.59 Å². The molecule has 3 fully saturated rings. The van der Waals surface area contributed by atoms with Gasteiger partial charge in [0.1, 0.15) is 12.2 Å². The van der Waals surface area contributed by atoms with Crippen LogP contribution in [0.15, 0.2) is 0 Å². The zero-order chi connectivity index (χ0) is 24.0. The lowest BCUT2D eigenvalue weighted by molar-refractivity contribution is -0.179. The molecular weight excluding hydrogens is 432 g/mol. The van der Waals surface area contributed by atoms with Crippen LogP contribution in [0.2, 0.25) is 0 Å². The van der Waals surface area contributed by atoms with E-state index in [2.05, 4.69) is 10.6 Å². The maximum absolute atomic E-state index is 13.5. The highest BCUT2D eigenvalue weighted by Crippen LogP contribution is 2.62. The van der Waals surface area contributed by atoms with Gasteiger partial charge in [0.15, 0.2) is 11.1 Å². The smallest absolute Gasteiger partial charge is 0.335 e. The molecule has 0 radical (unpaired) electrons. The van der Waals surface area contributed by atoms with E-state index in [4.69, 9.17) is 9.47 Å². The van der Waals surface area contributed by atoms with E-state index in [0.29, 0.717) is 25.7 Å². The van der Waals surface area contributed by atoms with E-state index in [1.807, 2.05) is 0 Å². The van der Waals surface area contributed by atoms with Gasteiger partial charge >= 0.3 is 11.9 Å². The summed E-state index contributed by atoms with van der Waals surface area (Å²) in [4.78, 5) is 50.2. The first kappa shape index (κ1) is 25.4. The quantitative estimate of drug-likeness (QED) is 0.238. The van der Waals surface area contributed by atoms with Crippen LogP contribution in [0.25, 0.3) is 0 Å². The number of ether oxygens (including phenoxy) is 2. The van der Waals surface area contributed by atoms with Crippen molar-refractivity contribution in [3.63, 3.8) is 0 Å². The first-order valence-electron chi connectivity index (χ1n) is 12.0. The van der Waals surface area contributed by atoms with Gasteiger partial charge in [-0.1, -0.05) is 12.8 Å². The standard InChI is InChI=1S/C23H36N2O8/c26-13-22(24-15-28,19(30)32-17-7-3-1-4-8-17)21(11-12-21)23(14-27,25-16-29)20(31)33-18-9-5-2-6-10-18/h15-18,26-27H,1-14H2,(H,24,28)(H,25,29)/t22-,23-/m1/s1. The number of hydrogen-bond donors (Lipinski definition) is 4. The molecule has 0 aliphatic heterocycles. The molecule has 0 heterocycles. The number of aliphatic hydroxyl groups is 2. The van der Waals surface area contributed by atoms with Crippen LogP contribution in [0, 0.1) is 5.41 Å². The molecule has 3 saturated carbocycles. The molecule has 3 rings (SSSR count). The van der Waals surface area contributed by atoms with Gasteiger partial charge in [-0.15, -0.1) is 0 Å². The second-order valence-electron chi connectivity index (χ2n) is 9.56. The molecular formula is C23H36N2O8. The van der Waals surface area contributed by atoms with E-state index in [9.17, 15) is 29.4 Å². The van der Waals surface area contributed by atoms with Crippen LogP contribution < -0.4 is 10.6 Å². The van der Waals surface area contributed by atoms with Crippen molar-refractivity contribution in [3.8, 4) is 0 Å². The Balaban J connectivity index is 1.96. The van der Waals surface area contributed by atoms with E-state index >= 15 is 0 Å². The average molecular weight is 469 g/mol. The highest BCUT2D eigenvalue weighted by atomic mass is 16.6. The molecule has 2 atom stereocenters. The molecule has 0 saturated heterocycles. The highest BCUT2D eigenvalue weighted by molar-refractivity contribution is 5.92. The zero-order valence-corrected chi connectivity index (χ0v) is 19.1. The van der Waals surface area contributed by atoms with Gasteiger partial charge < -0.3 is 30.3 Å². The Hall–Kier alpha value is -2.20. The topological polar surface area (TPSA) is 151 Å². The molecule has 0 aromatic rings. The van der Waals surface area contributed by atoms with Crippen molar-refractivity contribution in [2.45, 2.75) is 100 Å². The maximum Gasteiger partial charge on any atom is 0.335 e. The largest absolute Gasteiger partial charge is 0.461 e. The molecule has 2 amide bonds. The lowest BCUT2D eigenvalue weighted by atomic mass is 9.67. The van der Waals surface area contributed by atoms with Crippen molar-refractivity contribution in [1.82, 2.24) is 10.6 Å². The number of carbonyl (C=O) groups excluding carboxylic acids is 4. The summed E-state index contributed by atoms with van der Waals surface area (Å²) in [6, 6.07) is 0. The molecule has 3 aliphatic rings. The van der Waals surface area contributed by atoms with Crippen molar-refractivity contribution in [3.05, 3.63) is 0 Å². The van der Waals surface area contributed by atoms with Crippen LogP contribution in [0.1, 0.15) is 77.0 Å². The van der Waals surface area contributed by atoms with Crippen molar-refractivity contribution >= 4 is 24.8 Å². The van der Waals surface area contributed by atoms with Crippen molar-refractivity contribution in [1.29, 1.82) is 0 Å². The zero-order valence-electron chi connectivity index (χ0n) is 19.1. The Morgan fingerprint density at radius 2 is 1.12 bits per heavy atom. The third-order valence-electron chi connectivity index (χ3n) is 7.82. The molecule has 0 bridgehead atoms. The van der Waals surface area contributed by atoms with Gasteiger partial charge in [-0.2, -0.15) is 0 Å². The lowest BCUT2D eigenvalue weighted by Gasteiger charge is -2.47. The first-order valence-corrected chi connectivity index (χ1v) is 12.0. The lowest BCUT2D eigenvalue weighted by Crippen LogP contribution is -2.75. The summed E-state index contributed by atoms with van der Waals surface area (Å²) in [6.07, 6.45) is 8.53. The molecule has 4 N–H and O–H groups in total. The summed E-state index contributed by atoms with van der Waals surface area (Å²) in [5.41, 5.74) is -5.57. The summed E-state index contributed by atoms with van der Waals surface area (Å²) < 4.78 is 11.4. The van der Waals surface area contributed by atoms with Crippen LogP contribution in [0.5, 0.6) is 0 Å². The van der Waals surface area contributed by atoms with Crippen LogP contribution in [0.4, 0.5) is 0 Å². The van der Waals surface area contributed by atoms with Crippen LogP contribution in [0.3, 0.4) is 0 Å². The number of aliphatic hydroxyl groups excluding tert-OH is 2. The summed E-state index contributed by atoms with van der Waals surface area (Å²) in [6.45, 7) is -1.73. The molecule has 3 aliphatic carbocycles. The van der Waals surface area contributed by atoms with Crippen molar-refractivity contribution < 1.29 is 38.9 Å². The molecule has 0 aromatic heterocycles. The predicted octanol–water partition coefficient (Wildman–Crippen LogP) is 0.473. The number of nitrogens with one attached hydrogen (secondary N) is 2. The monoisotopic (exact) mass is 468 g/mol. The van der Waals surface area contributed by atoms with E-state index in [1.165, 1.54) is 0 Å². The van der Waals surface area contributed by atoms with Gasteiger partial charge in [0, 0.05) is 5.41 Å². The number of hydrogen-bond acceptors (Lipinski definition) is 8. The number of carbonyl (C=O) groups is 4. The molecule has 186 valence electrons. The minimum absolute atomic E-state index is 0.176. The summed E-state index contributed by atoms with van der Waals surface area (Å²) >= 11 is 0. The second kappa shape index (κ2) is 10.8. The summed E-state index contributed by atoms with van der Waals surface area (Å²) in [5, 5.41) is 25.7. The van der Waals surface area contributed by atoms with Gasteiger partial charge in [0.25, 0.3) is 0 Å². The predicted molar refractivity (Wildman–Crippen MR) is 116 cm³/mol. The van der Waals surface area contributed by atoms with Gasteiger partial charge in [-0.05, 0) is 64.2 Å². The third-order valence-corrected chi connectivity index (χ3v) is 7.82. The number of esters is 2. The fourth-order valence-corrected chi connectivity index (χ4v) is 5.72. The van der Waals surface area contributed by atoms with Crippen LogP contribution in [-0.4, -0.2) is 71.5 Å². The maximum atomic E-state index is 13.5. The summed E-state index contributed by atoms with van der Waals surface area (Å²) in [5.74, 6) is -1.75. The SMILES string of the molecule is O=CN[C@](CO)(C(=O)OC1CCCCC1)C1([C@](CO)(NC=O)C(=O)OC2CCCCC2)CC1. The normalized spacial score (nSPS) is 24.4. The number of rotatable bonds is 12. The minimum atomic E-state index is -2.03. The van der Waals surface area contributed by atoms with Crippen molar-refractivity contribution in [2.24, 2.45) is 5.41 Å². The van der Waals surface area contributed by atoms with E-state index < -0.39 is 41.6 Å². The Morgan fingerprint density at radius 1 is 0.758 bits per heavy atom. The third kappa shape index (κ3) is 4.59. The highest BCUT2D eigenvalue weighted by Gasteiger charge is 2.76. The first-order chi connectivity index (χ1) is 15.9. The molecule has 33 heavy (non-hydrogen) atoms. The molecule has 0 spiro atoms. The number of amides is 2. The van der Waals surface area contributed by atoms with Gasteiger partial charge in [-0.3, -0.25) is 9.59 Å².